The number of oxazole rings is 1. The first-order valence-corrected chi connectivity index (χ1v) is 6.87. The molecule has 3 heterocycles. The van der Waals surface area contributed by atoms with Crippen LogP contribution in [-0.2, 0) is 6.54 Å². The second-order valence-electron chi connectivity index (χ2n) is 5.31. The third-order valence-electron chi connectivity index (χ3n) is 3.98. The summed E-state index contributed by atoms with van der Waals surface area (Å²) >= 11 is 0. The summed E-state index contributed by atoms with van der Waals surface area (Å²) in [6, 6.07) is 2.08. The Morgan fingerprint density at radius 2 is 2.16 bits per heavy atom. The largest absolute Gasteiger partial charge is 0.444 e. The lowest BCUT2D eigenvalue weighted by Crippen LogP contribution is -2.32. The van der Waals surface area contributed by atoms with E-state index in [0.29, 0.717) is 5.92 Å². The van der Waals surface area contributed by atoms with Crippen LogP contribution < -0.4 is 0 Å². The number of rotatable bonds is 3. The highest BCUT2D eigenvalue weighted by Crippen LogP contribution is 2.27. The number of piperidine rings is 1. The van der Waals surface area contributed by atoms with Gasteiger partial charge >= 0.3 is 0 Å². The van der Waals surface area contributed by atoms with Gasteiger partial charge in [0.25, 0.3) is 0 Å². The molecular weight excluding hydrogens is 240 g/mol. The molecule has 3 rings (SSSR count). The van der Waals surface area contributed by atoms with Crippen molar-refractivity contribution in [1.29, 1.82) is 0 Å². The second-order valence-corrected chi connectivity index (χ2v) is 5.31. The molecule has 5 heteroatoms. The maximum Gasteiger partial charge on any atom is 0.208 e. The fourth-order valence-electron chi connectivity index (χ4n) is 2.69. The number of aryl methyl sites for hydroxylation is 2. The zero-order valence-electron chi connectivity index (χ0n) is 11.5. The van der Waals surface area contributed by atoms with Crippen molar-refractivity contribution in [2.45, 2.75) is 39.2 Å². The second kappa shape index (κ2) is 5.17. The third-order valence-corrected chi connectivity index (χ3v) is 3.98. The summed E-state index contributed by atoms with van der Waals surface area (Å²) in [5.74, 6) is 2.39. The fraction of sp³-hybridized carbons (Fsp3) is 0.571. The molecule has 0 atom stereocenters. The smallest absolute Gasteiger partial charge is 0.208 e. The van der Waals surface area contributed by atoms with Crippen molar-refractivity contribution in [2.24, 2.45) is 0 Å². The van der Waals surface area contributed by atoms with Gasteiger partial charge in [0.1, 0.15) is 5.76 Å². The van der Waals surface area contributed by atoms with Crippen LogP contribution in [0, 0.1) is 13.8 Å². The average molecular weight is 260 g/mol. The third kappa shape index (κ3) is 2.71. The summed E-state index contributed by atoms with van der Waals surface area (Å²) in [5.41, 5.74) is 2.27. The number of aromatic amines is 1. The Labute approximate surface area is 113 Å². The van der Waals surface area contributed by atoms with E-state index >= 15 is 0 Å². The zero-order valence-corrected chi connectivity index (χ0v) is 11.5. The van der Waals surface area contributed by atoms with Crippen molar-refractivity contribution in [3.05, 3.63) is 35.3 Å². The lowest BCUT2D eigenvalue weighted by molar-refractivity contribution is 0.185. The lowest BCUT2D eigenvalue weighted by Gasteiger charge is -2.30. The Morgan fingerprint density at radius 3 is 2.74 bits per heavy atom. The van der Waals surface area contributed by atoms with Gasteiger partial charge in [0, 0.05) is 17.8 Å². The van der Waals surface area contributed by atoms with Crippen LogP contribution in [0.4, 0.5) is 0 Å². The van der Waals surface area contributed by atoms with E-state index in [1.165, 1.54) is 18.5 Å². The first-order chi connectivity index (χ1) is 9.22. The molecule has 1 aliphatic heterocycles. The highest BCUT2D eigenvalue weighted by atomic mass is 16.4. The van der Waals surface area contributed by atoms with Gasteiger partial charge in [-0.2, -0.15) is 5.10 Å². The molecule has 102 valence electrons. The molecule has 0 unspecified atom stereocenters. The van der Waals surface area contributed by atoms with E-state index < -0.39 is 0 Å². The minimum Gasteiger partial charge on any atom is -0.444 e. The molecule has 5 nitrogen and oxygen atoms in total. The molecule has 0 saturated carbocycles. The number of hydrogen-bond acceptors (Lipinski definition) is 4. The van der Waals surface area contributed by atoms with E-state index in [9.17, 15) is 0 Å². The molecule has 0 bridgehead atoms. The van der Waals surface area contributed by atoms with Crippen molar-refractivity contribution in [3.63, 3.8) is 0 Å². The first kappa shape index (κ1) is 12.4. The van der Waals surface area contributed by atoms with Crippen molar-refractivity contribution >= 4 is 0 Å². The van der Waals surface area contributed by atoms with Gasteiger partial charge in [0.2, 0.25) is 5.89 Å². The van der Waals surface area contributed by atoms with Crippen molar-refractivity contribution < 1.29 is 4.42 Å². The molecule has 0 amide bonds. The Balaban J connectivity index is 1.55. The van der Waals surface area contributed by atoms with Crippen LogP contribution in [0.5, 0.6) is 0 Å². The predicted molar refractivity (Wildman–Crippen MR) is 71.8 cm³/mol. The standard InChI is InChI=1S/C14H20N4O/c1-10-11(2)19-14(16-10)9-18-7-4-12(5-8-18)13-3-6-15-17-13/h3,6,12H,4-5,7-9H2,1-2H3,(H,15,17). The number of nitrogens with zero attached hydrogens (tertiary/aromatic N) is 3. The summed E-state index contributed by atoms with van der Waals surface area (Å²) in [5, 5.41) is 7.12. The molecule has 0 aliphatic carbocycles. The maximum atomic E-state index is 5.65. The van der Waals surface area contributed by atoms with E-state index in [4.69, 9.17) is 4.42 Å². The monoisotopic (exact) mass is 260 g/mol. The Hall–Kier alpha value is -1.62. The molecule has 2 aromatic rings. The average Bonchev–Trinajstić information content (AvgIpc) is 3.02. The van der Waals surface area contributed by atoms with E-state index in [1.807, 2.05) is 20.0 Å². The van der Waals surface area contributed by atoms with Crippen LogP contribution in [-0.4, -0.2) is 33.2 Å². The molecule has 0 spiro atoms. The lowest BCUT2D eigenvalue weighted by atomic mass is 9.94. The predicted octanol–water partition coefficient (Wildman–Crippen LogP) is 2.39. The summed E-state index contributed by atoms with van der Waals surface area (Å²) in [6.07, 6.45) is 4.17. The Bertz CT molecular complexity index is 504. The van der Waals surface area contributed by atoms with Crippen LogP contribution in [0.15, 0.2) is 16.7 Å². The van der Waals surface area contributed by atoms with Gasteiger partial charge in [-0.15, -0.1) is 0 Å². The Morgan fingerprint density at radius 1 is 1.37 bits per heavy atom. The number of hydrogen-bond donors (Lipinski definition) is 1. The molecule has 1 saturated heterocycles. The van der Waals surface area contributed by atoms with Gasteiger partial charge in [-0.25, -0.2) is 4.98 Å². The number of nitrogens with one attached hydrogen (secondary N) is 1. The number of aromatic nitrogens is 3. The first-order valence-electron chi connectivity index (χ1n) is 6.87. The SMILES string of the molecule is Cc1nc(CN2CCC(c3ccn[nH]3)CC2)oc1C. The minimum absolute atomic E-state index is 0.617. The molecule has 0 radical (unpaired) electrons. The number of likely N-dealkylation sites (tertiary alicyclic amines) is 1. The summed E-state index contributed by atoms with van der Waals surface area (Å²) in [4.78, 5) is 6.86. The summed E-state index contributed by atoms with van der Waals surface area (Å²) < 4.78 is 5.65. The van der Waals surface area contributed by atoms with Crippen LogP contribution in [0.25, 0.3) is 0 Å². The summed E-state index contributed by atoms with van der Waals surface area (Å²) in [6.45, 7) is 6.96. The molecule has 1 fully saturated rings. The molecule has 0 aromatic carbocycles. The van der Waals surface area contributed by atoms with E-state index in [-0.39, 0.29) is 0 Å². The molecule has 1 aliphatic rings. The summed E-state index contributed by atoms with van der Waals surface area (Å²) in [7, 11) is 0. The van der Waals surface area contributed by atoms with Crippen molar-refractivity contribution in [1.82, 2.24) is 20.1 Å². The zero-order chi connectivity index (χ0) is 13.2. The highest BCUT2D eigenvalue weighted by molar-refractivity contribution is 5.08. The van der Waals surface area contributed by atoms with E-state index in [2.05, 4.69) is 26.1 Å². The highest BCUT2D eigenvalue weighted by Gasteiger charge is 2.22. The fourth-order valence-corrected chi connectivity index (χ4v) is 2.69. The van der Waals surface area contributed by atoms with Gasteiger partial charge in [-0.3, -0.25) is 10.00 Å². The van der Waals surface area contributed by atoms with Crippen molar-refractivity contribution in [2.75, 3.05) is 13.1 Å². The van der Waals surface area contributed by atoms with Gasteiger partial charge in [0.05, 0.1) is 12.2 Å². The van der Waals surface area contributed by atoms with Crippen LogP contribution >= 0.6 is 0 Å². The topological polar surface area (TPSA) is 58.0 Å². The van der Waals surface area contributed by atoms with Crippen molar-refractivity contribution in [3.8, 4) is 0 Å². The molecular formula is C14H20N4O. The maximum absolute atomic E-state index is 5.65. The Kier molecular flexibility index (Phi) is 3.38. The molecule has 1 N–H and O–H groups in total. The van der Waals surface area contributed by atoms with Gasteiger partial charge < -0.3 is 4.42 Å². The van der Waals surface area contributed by atoms with Gasteiger partial charge in [-0.1, -0.05) is 0 Å². The molecule has 2 aromatic heterocycles. The van der Waals surface area contributed by atoms with Crippen LogP contribution in [0.3, 0.4) is 0 Å². The van der Waals surface area contributed by atoms with E-state index in [0.717, 1.165) is 37.0 Å². The van der Waals surface area contributed by atoms with Gasteiger partial charge in [-0.05, 0) is 45.8 Å². The van der Waals surface area contributed by atoms with Crippen LogP contribution in [0.1, 0.15) is 41.8 Å². The minimum atomic E-state index is 0.617. The quantitative estimate of drug-likeness (QED) is 0.920. The van der Waals surface area contributed by atoms with E-state index in [1.54, 1.807) is 0 Å². The normalized spacial score (nSPS) is 18.0. The van der Waals surface area contributed by atoms with Crippen LogP contribution in [0.2, 0.25) is 0 Å². The van der Waals surface area contributed by atoms with Gasteiger partial charge in [0.15, 0.2) is 0 Å². The number of H-pyrrole nitrogens is 1. The molecule has 19 heavy (non-hydrogen) atoms.